The molecule has 0 radical (unpaired) electrons. The number of amides is 1. The van der Waals surface area contributed by atoms with Gasteiger partial charge in [0, 0.05) is 37.6 Å². The number of ether oxygens (including phenoxy) is 1. The van der Waals surface area contributed by atoms with E-state index in [1.54, 1.807) is 11.9 Å². The first-order valence-corrected chi connectivity index (χ1v) is 15.0. The fourth-order valence-corrected chi connectivity index (χ4v) is 6.31. The number of likely N-dealkylation sites (tertiary alicyclic amines) is 1. The van der Waals surface area contributed by atoms with E-state index in [-0.39, 0.29) is 43.6 Å². The number of anilines is 1. The summed E-state index contributed by atoms with van der Waals surface area (Å²) in [6.45, 7) is 1.55. The summed E-state index contributed by atoms with van der Waals surface area (Å²) in [6.07, 6.45) is 1.51. The summed E-state index contributed by atoms with van der Waals surface area (Å²) in [6, 6.07) is 26.0. The van der Waals surface area contributed by atoms with Crippen LogP contribution in [0.4, 0.5) is 14.5 Å². The SMILES string of the molecule is COC(=O)C(/N=C(\c1ccccc1)c1ccccc1N(C)C(=O)C1CCCN1Cc1ccccc1)C1CCC(F)(F)CC1. The Morgan fingerprint density at radius 2 is 1.58 bits per heavy atom. The first kappa shape index (κ1) is 30.5. The van der Waals surface area contributed by atoms with E-state index in [0.29, 0.717) is 23.5 Å². The van der Waals surface area contributed by atoms with Crippen molar-refractivity contribution in [3.8, 4) is 0 Å². The summed E-state index contributed by atoms with van der Waals surface area (Å²) in [5, 5.41) is 0. The quantitative estimate of drug-likeness (QED) is 0.211. The van der Waals surface area contributed by atoms with Crippen LogP contribution < -0.4 is 4.90 Å². The first-order valence-electron chi connectivity index (χ1n) is 15.0. The Labute approximate surface area is 252 Å². The lowest BCUT2D eigenvalue weighted by molar-refractivity contribution is -0.144. The van der Waals surface area contributed by atoms with Gasteiger partial charge in [-0.05, 0) is 49.8 Å². The Morgan fingerprint density at radius 3 is 2.26 bits per heavy atom. The van der Waals surface area contributed by atoms with Crippen LogP contribution in [0.1, 0.15) is 55.2 Å². The molecule has 43 heavy (non-hydrogen) atoms. The predicted molar refractivity (Wildman–Crippen MR) is 165 cm³/mol. The maximum absolute atomic E-state index is 14.0. The summed E-state index contributed by atoms with van der Waals surface area (Å²) in [5.41, 5.74) is 3.80. The Kier molecular flexibility index (Phi) is 9.65. The molecule has 1 heterocycles. The molecular weight excluding hydrogens is 548 g/mol. The lowest BCUT2D eigenvalue weighted by Crippen LogP contribution is -2.44. The zero-order valence-corrected chi connectivity index (χ0v) is 24.8. The fraction of sp³-hybridized carbons (Fsp3) is 0.400. The predicted octanol–water partition coefficient (Wildman–Crippen LogP) is 6.52. The number of benzene rings is 3. The number of nitrogens with zero attached hydrogens (tertiary/aromatic N) is 3. The number of alkyl halides is 2. The number of hydrogen-bond donors (Lipinski definition) is 0. The summed E-state index contributed by atoms with van der Waals surface area (Å²) < 4.78 is 33.2. The highest BCUT2D eigenvalue weighted by molar-refractivity contribution is 6.18. The number of carbonyl (C=O) groups is 2. The molecule has 1 saturated carbocycles. The Balaban J connectivity index is 1.50. The lowest BCUT2D eigenvalue weighted by Gasteiger charge is -2.32. The molecule has 0 aromatic heterocycles. The van der Waals surface area contributed by atoms with E-state index in [9.17, 15) is 18.4 Å². The average molecular weight is 588 g/mol. The highest BCUT2D eigenvalue weighted by Crippen LogP contribution is 2.39. The van der Waals surface area contributed by atoms with Crippen molar-refractivity contribution in [1.82, 2.24) is 4.90 Å². The van der Waals surface area contributed by atoms with Crippen LogP contribution in [0, 0.1) is 5.92 Å². The first-order chi connectivity index (χ1) is 20.8. The largest absolute Gasteiger partial charge is 0.467 e. The van der Waals surface area contributed by atoms with Crippen molar-refractivity contribution in [1.29, 1.82) is 0 Å². The molecule has 2 aliphatic rings. The summed E-state index contributed by atoms with van der Waals surface area (Å²) in [7, 11) is 3.08. The maximum atomic E-state index is 14.0. The number of para-hydroxylation sites is 1. The van der Waals surface area contributed by atoms with E-state index in [1.165, 1.54) is 7.11 Å². The second-order valence-corrected chi connectivity index (χ2v) is 11.5. The maximum Gasteiger partial charge on any atom is 0.330 e. The van der Waals surface area contributed by atoms with Gasteiger partial charge in [0.25, 0.3) is 0 Å². The van der Waals surface area contributed by atoms with Crippen molar-refractivity contribution in [2.75, 3.05) is 25.6 Å². The van der Waals surface area contributed by atoms with Gasteiger partial charge in [0.2, 0.25) is 11.8 Å². The summed E-state index contributed by atoms with van der Waals surface area (Å²) in [4.78, 5) is 36.0. The monoisotopic (exact) mass is 587 g/mol. The van der Waals surface area contributed by atoms with E-state index in [1.807, 2.05) is 72.8 Å². The number of rotatable bonds is 9. The van der Waals surface area contributed by atoms with Crippen molar-refractivity contribution in [2.45, 2.75) is 63.1 Å². The molecule has 1 saturated heterocycles. The molecule has 226 valence electrons. The average Bonchev–Trinajstić information content (AvgIpc) is 3.50. The van der Waals surface area contributed by atoms with Gasteiger partial charge in [-0.25, -0.2) is 13.6 Å². The van der Waals surface area contributed by atoms with Crippen LogP contribution >= 0.6 is 0 Å². The van der Waals surface area contributed by atoms with Crippen LogP contribution in [0.2, 0.25) is 0 Å². The molecule has 5 rings (SSSR count). The third kappa shape index (κ3) is 7.19. The number of esters is 1. The molecule has 0 spiro atoms. The van der Waals surface area contributed by atoms with Crippen LogP contribution in [0.3, 0.4) is 0 Å². The van der Waals surface area contributed by atoms with Crippen LogP contribution in [0.15, 0.2) is 89.9 Å². The Hall–Kier alpha value is -3.91. The van der Waals surface area contributed by atoms with Gasteiger partial charge in [0.1, 0.15) is 0 Å². The second kappa shape index (κ2) is 13.6. The van der Waals surface area contributed by atoms with E-state index < -0.39 is 17.9 Å². The molecule has 3 aromatic rings. The number of aliphatic imine (C=N–C) groups is 1. The van der Waals surface area contributed by atoms with Crippen molar-refractivity contribution in [2.24, 2.45) is 10.9 Å². The molecule has 6 nitrogen and oxygen atoms in total. The molecule has 2 unspecified atom stereocenters. The molecule has 2 atom stereocenters. The minimum absolute atomic E-state index is 0.00711. The molecule has 1 aliphatic carbocycles. The number of carbonyl (C=O) groups excluding carboxylic acids is 2. The van der Waals surface area contributed by atoms with E-state index in [2.05, 4.69) is 17.0 Å². The van der Waals surface area contributed by atoms with Gasteiger partial charge in [-0.2, -0.15) is 0 Å². The van der Waals surface area contributed by atoms with Gasteiger partial charge >= 0.3 is 5.97 Å². The fourth-order valence-electron chi connectivity index (χ4n) is 6.31. The molecule has 1 aliphatic heterocycles. The zero-order valence-electron chi connectivity index (χ0n) is 24.8. The molecular formula is C35H39F2N3O3. The van der Waals surface area contributed by atoms with Crippen molar-refractivity contribution < 1.29 is 23.1 Å². The van der Waals surface area contributed by atoms with E-state index in [0.717, 1.165) is 30.5 Å². The highest BCUT2D eigenvalue weighted by Gasteiger charge is 2.41. The van der Waals surface area contributed by atoms with Gasteiger partial charge in [-0.1, -0.05) is 78.9 Å². The van der Waals surface area contributed by atoms with Crippen LogP contribution in [-0.2, 0) is 20.9 Å². The summed E-state index contributed by atoms with van der Waals surface area (Å²) in [5.74, 6) is -3.66. The normalized spacial score (nSPS) is 20.0. The smallest absolute Gasteiger partial charge is 0.330 e. The van der Waals surface area contributed by atoms with E-state index >= 15 is 0 Å². The molecule has 0 bridgehead atoms. The Morgan fingerprint density at radius 1 is 0.953 bits per heavy atom. The third-order valence-corrected chi connectivity index (χ3v) is 8.69. The second-order valence-electron chi connectivity index (χ2n) is 11.5. The number of hydrogen-bond acceptors (Lipinski definition) is 5. The number of methoxy groups -OCH3 is 1. The van der Waals surface area contributed by atoms with E-state index in [4.69, 9.17) is 9.73 Å². The topological polar surface area (TPSA) is 62.2 Å². The van der Waals surface area contributed by atoms with Crippen molar-refractivity contribution >= 4 is 23.3 Å². The molecule has 2 fully saturated rings. The molecule has 1 amide bonds. The van der Waals surface area contributed by atoms with Gasteiger partial charge in [-0.15, -0.1) is 0 Å². The van der Waals surface area contributed by atoms with Crippen molar-refractivity contribution in [3.05, 3.63) is 102 Å². The Bertz CT molecular complexity index is 1420. The van der Waals surface area contributed by atoms with Crippen LogP contribution in [-0.4, -0.2) is 61.2 Å². The molecule has 3 aromatic carbocycles. The van der Waals surface area contributed by atoms with Gasteiger partial charge < -0.3 is 9.64 Å². The minimum atomic E-state index is -2.73. The van der Waals surface area contributed by atoms with Gasteiger partial charge in [0.15, 0.2) is 6.04 Å². The lowest BCUT2D eigenvalue weighted by atomic mass is 9.82. The van der Waals surface area contributed by atoms with Crippen LogP contribution in [0.25, 0.3) is 0 Å². The number of likely N-dealkylation sites (N-methyl/N-ethyl adjacent to an activating group) is 1. The van der Waals surface area contributed by atoms with Crippen molar-refractivity contribution in [3.63, 3.8) is 0 Å². The van der Waals surface area contributed by atoms with Gasteiger partial charge in [-0.3, -0.25) is 14.7 Å². The third-order valence-electron chi connectivity index (χ3n) is 8.69. The number of halogens is 2. The summed E-state index contributed by atoms with van der Waals surface area (Å²) >= 11 is 0. The standard InChI is InChI=1S/C35H39F2N3O3/c1-39(33(41)30-18-11-23-40(30)24-25-12-5-3-6-13-25)29-17-10-9-16-28(29)31(26-14-7-4-8-15-26)38-32(34(42)43-2)27-19-21-35(36,37)22-20-27/h3-10,12-17,27,30,32H,11,18-24H2,1-2H3/b38-31+. The highest BCUT2D eigenvalue weighted by atomic mass is 19.3. The molecule has 8 heteroatoms. The minimum Gasteiger partial charge on any atom is -0.467 e. The van der Waals surface area contributed by atoms with Gasteiger partial charge in [0.05, 0.1) is 24.6 Å². The molecule has 0 N–H and O–H groups in total. The van der Waals surface area contributed by atoms with Crippen LogP contribution in [0.5, 0.6) is 0 Å². The zero-order chi connectivity index (χ0) is 30.4.